The maximum absolute atomic E-state index is 13.2. The van der Waals surface area contributed by atoms with Crippen molar-refractivity contribution < 1.29 is 24.2 Å². The van der Waals surface area contributed by atoms with E-state index in [-0.39, 0.29) is 18.4 Å². The first-order valence-electron chi connectivity index (χ1n) is 9.60. The SMILES string of the molecule is Cc1ccc(C(=O)N2[C@H](C(=O)[O-])COC23CCN(C(=O)C(C)(C)C)CC3)cc1. The minimum Gasteiger partial charge on any atom is -0.548 e. The molecule has 1 aromatic rings. The summed E-state index contributed by atoms with van der Waals surface area (Å²) in [5.74, 6) is -1.68. The number of carboxylic acids is 1. The first-order chi connectivity index (χ1) is 13.0. The van der Waals surface area contributed by atoms with Crippen LogP contribution in [0.5, 0.6) is 0 Å². The number of ether oxygens (including phenoxy) is 1. The smallest absolute Gasteiger partial charge is 0.256 e. The van der Waals surface area contributed by atoms with Gasteiger partial charge in [-0.2, -0.15) is 0 Å². The molecule has 0 radical (unpaired) electrons. The van der Waals surface area contributed by atoms with E-state index in [1.54, 1.807) is 17.0 Å². The molecule has 3 rings (SSSR count). The molecule has 2 saturated heterocycles. The van der Waals surface area contributed by atoms with Crippen LogP contribution >= 0.6 is 0 Å². The van der Waals surface area contributed by atoms with Gasteiger partial charge < -0.3 is 19.5 Å². The summed E-state index contributed by atoms with van der Waals surface area (Å²) >= 11 is 0. The van der Waals surface area contributed by atoms with Crippen molar-refractivity contribution in [2.24, 2.45) is 5.41 Å². The summed E-state index contributed by atoms with van der Waals surface area (Å²) in [7, 11) is 0. The standard InChI is InChI=1S/C21H28N2O5/c1-14-5-7-15(8-6-14)17(24)23-16(18(25)26)13-28-21(23)9-11-22(12-10-21)19(27)20(2,3)4/h5-8,16H,9-13H2,1-4H3,(H,25,26)/p-1/t16-/m0/s1. The van der Waals surface area contributed by atoms with Crippen LogP contribution in [0.15, 0.2) is 24.3 Å². The number of aryl methyl sites for hydroxylation is 1. The Bertz CT molecular complexity index is 773. The highest BCUT2D eigenvalue weighted by atomic mass is 16.5. The third-order valence-corrected chi connectivity index (χ3v) is 5.52. The Hall–Kier alpha value is -2.41. The number of benzene rings is 1. The highest BCUT2D eigenvalue weighted by Gasteiger charge is 2.52. The molecule has 1 spiro atoms. The fourth-order valence-corrected chi connectivity index (χ4v) is 3.92. The zero-order valence-corrected chi connectivity index (χ0v) is 16.9. The normalized spacial score (nSPS) is 21.8. The molecule has 1 atom stereocenters. The predicted octanol–water partition coefficient (Wildman–Crippen LogP) is 0.951. The topological polar surface area (TPSA) is 90.0 Å². The lowest BCUT2D eigenvalue weighted by Crippen LogP contribution is -2.60. The molecule has 2 heterocycles. The highest BCUT2D eigenvalue weighted by molar-refractivity contribution is 5.97. The number of piperidine rings is 1. The van der Waals surface area contributed by atoms with Crippen LogP contribution < -0.4 is 5.11 Å². The molecule has 1 aromatic carbocycles. The largest absolute Gasteiger partial charge is 0.548 e. The summed E-state index contributed by atoms with van der Waals surface area (Å²) in [6, 6.07) is 5.87. The number of likely N-dealkylation sites (tertiary alicyclic amines) is 1. The maximum Gasteiger partial charge on any atom is 0.256 e. The number of nitrogens with zero attached hydrogens (tertiary/aromatic N) is 2. The Morgan fingerprint density at radius 1 is 1.11 bits per heavy atom. The summed E-state index contributed by atoms with van der Waals surface area (Å²) in [6.07, 6.45) is 0.742. The third kappa shape index (κ3) is 3.63. The lowest BCUT2D eigenvalue weighted by atomic mass is 9.91. The Morgan fingerprint density at radius 2 is 1.68 bits per heavy atom. The van der Waals surface area contributed by atoms with Gasteiger partial charge in [0.2, 0.25) is 5.91 Å². The second-order valence-electron chi connectivity index (χ2n) is 8.68. The van der Waals surface area contributed by atoms with Crippen LogP contribution in [0.4, 0.5) is 0 Å². The van der Waals surface area contributed by atoms with Crippen molar-refractivity contribution in [2.75, 3.05) is 19.7 Å². The van der Waals surface area contributed by atoms with Crippen LogP contribution in [0.2, 0.25) is 0 Å². The molecule has 0 bridgehead atoms. The molecule has 0 saturated carbocycles. The van der Waals surface area contributed by atoms with Crippen LogP contribution in [0, 0.1) is 12.3 Å². The number of carboxylic acid groups (broad SMARTS) is 1. The summed E-state index contributed by atoms with van der Waals surface area (Å²) in [5.41, 5.74) is -0.0998. The van der Waals surface area contributed by atoms with E-state index >= 15 is 0 Å². The predicted molar refractivity (Wildman–Crippen MR) is 100 cm³/mol. The number of carbonyl (C=O) groups excluding carboxylic acids is 3. The van der Waals surface area contributed by atoms with Gasteiger partial charge in [0.05, 0.1) is 18.6 Å². The van der Waals surface area contributed by atoms with Gasteiger partial charge in [-0.3, -0.25) is 14.5 Å². The first kappa shape index (κ1) is 20.3. The van der Waals surface area contributed by atoms with Gasteiger partial charge in [0.1, 0.15) is 5.72 Å². The number of aliphatic carboxylic acids is 1. The molecule has 0 aromatic heterocycles. The van der Waals surface area contributed by atoms with Gasteiger partial charge in [-0.25, -0.2) is 0 Å². The Kier molecular flexibility index (Phi) is 5.23. The van der Waals surface area contributed by atoms with Crippen LogP contribution in [0.3, 0.4) is 0 Å². The van der Waals surface area contributed by atoms with Crippen LogP contribution in [0.25, 0.3) is 0 Å². The molecule has 7 nitrogen and oxygen atoms in total. The van der Waals surface area contributed by atoms with Crippen LogP contribution in [-0.2, 0) is 14.3 Å². The van der Waals surface area contributed by atoms with Crippen molar-refractivity contribution in [2.45, 2.75) is 52.3 Å². The van der Waals surface area contributed by atoms with Crippen molar-refractivity contribution >= 4 is 17.8 Å². The monoisotopic (exact) mass is 387 g/mol. The molecule has 28 heavy (non-hydrogen) atoms. The van der Waals surface area contributed by atoms with Gasteiger partial charge in [-0.1, -0.05) is 38.5 Å². The van der Waals surface area contributed by atoms with Crippen molar-refractivity contribution in [1.82, 2.24) is 9.80 Å². The molecule has 2 aliphatic heterocycles. The number of carbonyl (C=O) groups is 3. The lowest BCUT2D eigenvalue weighted by Gasteiger charge is -2.45. The molecular weight excluding hydrogens is 360 g/mol. The Labute approximate surface area is 165 Å². The van der Waals surface area contributed by atoms with Crippen molar-refractivity contribution in [1.29, 1.82) is 0 Å². The van der Waals surface area contributed by atoms with E-state index in [0.717, 1.165) is 5.56 Å². The fraction of sp³-hybridized carbons (Fsp3) is 0.571. The number of rotatable bonds is 2. The molecule has 2 fully saturated rings. The van der Waals surface area contributed by atoms with E-state index in [1.807, 2.05) is 39.8 Å². The van der Waals surface area contributed by atoms with Crippen molar-refractivity contribution in [3.8, 4) is 0 Å². The molecular formula is C21H27N2O5-. The average molecular weight is 387 g/mol. The van der Waals surface area contributed by atoms with E-state index in [2.05, 4.69) is 0 Å². The summed E-state index contributed by atoms with van der Waals surface area (Å²) in [4.78, 5) is 40.5. The van der Waals surface area contributed by atoms with Crippen LogP contribution in [-0.4, -0.2) is 59.0 Å². The van der Waals surface area contributed by atoms with Gasteiger partial charge in [-0.05, 0) is 19.1 Å². The quantitative estimate of drug-likeness (QED) is 0.754. The van der Waals surface area contributed by atoms with E-state index in [9.17, 15) is 19.5 Å². The van der Waals surface area contributed by atoms with Gasteiger partial charge in [0, 0.05) is 36.9 Å². The molecule has 2 amide bonds. The van der Waals surface area contributed by atoms with Gasteiger partial charge >= 0.3 is 0 Å². The zero-order chi connectivity index (χ0) is 20.7. The zero-order valence-electron chi connectivity index (χ0n) is 16.9. The molecule has 152 valence electrons. The van der Waals surface area contributed by atoms with Crippen molar-refractivity contribution in [3.05, 3.63) is 35.4 Å². The van der Waals surface area contributed by atoms with E-state index in [0.29, 0.717) is 31.5 Å². The first-order valence-corrected chi connectivity index (χ1v) is 9.60. The van der Waals surface area contributed by atoms with Gasteiger partial charge in [-0.15, -0.1) is 0 Å². The summed E-state index contributed by atoms with van der Waals surface area (Å²) in [5, 5.41) is 11.7. The van der Waals surface area contributed by atoms with Crippen LogP contribution in [0.1, 0.15) is 49.5 Å². The Balaban J connectivity index is 1.86. The molecule has 7 heteroatoms. The third-order valence-electron chi connectivity index (χ3n) is 5.52. The molecule has 0 unspecified atom stereocenters. The number of amides is 2. The number of hydrogen-bond donors (Lipinski definition) is 0. The van der Waals surface area contributed by atoms with E-state index < -0.39 is 23.2 Å². The molecule has 0 N–H and O–H groups in total. The lowest BCUT2D eigenvalue weighted by molar-refractivity contribution is -0.310. The van der Waals surface area contributed by atoms with E-state index in [4.69, 9.17) is 4.74 Å². The minimum absolute atomic E-state index is 0.0354. The van der Waals surface area contributed by atoms with Gasteiger partial charge in [0.15, 0.2) is 0 Å². The number of hydrogen-bond acceptors (Lipinski definition) is 5. The van der Waals surface area contributed by atoms with E-state index in [1.165, 1.54) is 4.90 Å². The average Bonchev–Trinajstić information content (AvgIpc) is 3.00. The molecule has 2 aliphatic rings. The highest BCUT2D eigenvalue weighted by Crippen LogP contribution is 2.39. The Morgan fingerprint density at radius 3 is 2.18 bits per heavy atom. The summed E-state index contributed by atoms with van der Waals surface area (Å²) in [6.45, 7) is 8.23. The molecule has 0 aliphatic carbocycles. The summed E-state index contributed by atoms with van der Waals surface area (Å²) < 4.78 is 5.89. The van der Waals surface area contributed by atoms with Crippen molar-refractivity contribution in [3.63, 3.8) is 0 Å². The second-order valence-corrected chi connectivity index (χ2v) is 8.68. The maximum atomic E-state index is 13.2. The fourth-order valence-electron chi connectivity index (χ4n) is 3.92. The second kappa shape index (κ2) is 7.20. The van der Waals surface area contributed by atoms with Gasteiger partial charge in [0.25, 0.3) is 5.91 Å². The minimum atomic E-state index is -1.33.